The average molecular weight is 570 g/mol. The van der Waals surface area contributed by atoms with Gasteiger partial charge in [-0.1, -0.05) is 0 Å². The molecule has 3 aliphatic rings. The minimum Gasteiger partial charge on any atom is -0.460 e. The number of hydrogen-bond donors (Lipinski definition) is 3. The van der Waals surface area contributed by atoms with Crippen LogP contribution in [0.1, 0.15) is 43.0 Å². The molecule has 4 heterocycles. The number of aromatic nitrogens is 1. The van der Waals surface area contributed by atoms with Crippen LogP contribution in [0.5, 0.6) is 0 Å². The first kappa shape index (κ1) is 27.0. The smallest absolute Gasteiger partial charge is 0.258 e. The number of benzene rings is 1. The number of carbonyl (C=O) groups is 1. The van der Waals surface area contributed by atoms with Crippen LogP contribution in [0.4, 0.5) is 17.3 Å². The number of rotatable bonds is 8. The fraction of sp³-hybridized carbons (Fsp3) is 0.500. The number of nitrogens with one attached hydrogen (secondary N) is 2. The first-order valence-corrected chi connectivity index (χ1v) is 15.3. The van der Waals surface area contributed by atoms with E-state index in [2.05, 4.69) is 19.8 Å². The number of pyridine rings is 1. The number of furan rings is 1. The Morgan fingerprint density at radius 1 is 1.12 bits per heavy atom. The van der Waals surface area contributed by atoms with Crippen molar-refractivity contribution < 1.29 is 27.5 Å². The molecule has 12 heteroatoms. The van der Waals surface area contributed by atoms with Gasteiger partial charge in [-0.3, -0.25) is 4.79 Å². The molecule has 0 bridgehead atoms. The van der Waals surface area contributed by atoms with Crippen molar-refractivity contribution in [2.75, 3.05) is 61.1 Å². The molecule has 3 fully saturated rings. The number of morpholine rings is 1. The Hall–Kier alpha value is -3.19. The molecular formula is C28H35N5O6S. The Morgan fingerprint density at radius 2 is 1.93 bits per heavy atom. The van der Waals surface area contributed by atoms with Crippen LogP contribution in [-0.4, -0.2) is 76.5 Å². The van der Waals surface area contributed by atoms with Gasteiger partial charge in [0.05, 0.1) is 41.7 Å². The third-order valence-electron chi connectivity index (χ3n) is 8.25. The Labute approximate surface area is 233 Å². The molecule has 1 aliphatic carbocycles. The SMILES string of the molecule is C[C@H]1CN(c2nc(NC(=O)c3ccc(S(=O)(=O)NCCO)cc3N3CCC4(CC3)CC4)cc3ccoc23)CCO1. The summed E-state index contributed by atoms with van der Waals surface area (Å²) in [5.74, 6) is 0.664. The Bertz CT molecular complexity index is 1510. The van der Waals surface area contributed by atoms with E-state index < -0.39 is 10.0 Å². The van der Waals surface area contributed by atoms with E-state index in [1.807, 2.05) is 13.0 Å². The van der Waals surface area contributed by atoms with Gasteiger partial charge in [0, 0.05) is 38.1 Å². The number of ether oxygens (including phenoxy) is 1. The van der Waals surface area contributed by atoms with Crippen molar-refractivity contribution in [2.24, 2.45) is 5.41 Å². The van der Waals surface area contributed by atoms with Gasteiger partial charge in [-0.15, -0.1) is 0 Å². The largest absolute Gasteiger partial charge is 0.460 e. The number of aliphatic hydroxyl groups excluding tert-OH is 1. The van der Waals surface area contributed by atoms with E-state index in [4.69, 9.17) is 19.2 Å². The zero-order chi connectivity index (χ0) is 27.9. The van der Waals surface area contributed by atoms with E-state index in [0.29, 0.717) is 53.6 Å². The van der Waals surface area contributed by atoms with Gasteiger partial charge in [0.25, 0.3) is 5.91 Å². The molecule has 11 nitrogen and oxygen atoms in total. The zero-order valence-electron chi connectivity index (χ0n) is 22.6. The molecule has 40 heavy (non-hydrogen) atoms. The lowest BCUT2D eigenvalue weighted by atomic mass is 9.93. The summed E-state index contributed by atoms with van der Waals surface area (Å²) in [5.41, 5.74) is 2.03. The van der Waals surface area contributed by atoms with Crippen molar-refractivity contribution >= 4 is 44.2 Å². The monoisotopic (exact) mass is 569 g/mol. The Morgan fingerprint density at radius 3 is 2.65 bits per heavy atom. The molecule has 6 rings (SSSR count). The highest BCUT2D eigenvalue weighted by Crippen LogP contribution is 2.54. The number of carbonyl (C=O) groups excluding carboxylic acids is 1. The highest BCUT2D eigenvalue weighted by molar-refractivity contribution is 7.89. The van der Waals surface area contributed by atoms with Crippen LogP contribution in [0.2, 0.25) is 0 Å². The van der Waals surface area contributed by atoms with Crippen molar-refractivity contribution in [1.82, 2.24) is 9.71 Å². The van der Waals surface area contributed by atoms with E-state index in [-0.39, 0.29) is 30.1 Å². The summed E-state index contributed by atoms with van der Waals surface area (Å²) in [4.78, 5) is 22.8. The second-order valence-electron chi connectivity index (χ2n) is 11.0. The summed E-state index contributed by atoms with van der Waals surface area (Å²) in [6.45, 7) is 5.02. The third kappa shape index (κ3) is 5.40. The average Bonchev–Trinajstić information content (AvgIpc) is 3.53. The number of fused-ring (bicyclic) bond motifs is 1. The molecule has 214 valence electrons. The van der Waals surface area contributed by atoms with Crippen molar-refractivity contribution in [3.8, 4) is 0 Å². The molecule has 1 atom stereocenters. The number of sulfonamides is 1. The van der Waals surface area contributed by atoms with Gasteiger partial charge in [0.15, 0.2) is 11.4 Å². The first-order chi connectivity index (χ1) is 19.3. The maximum Gasteiger partial charge on any atom is 0.258 e. The lowest BCUT2D eigenvalue weighted by Crippen LogP contribution is -2.41. The fourth-order valence-corrected chi connectivity index (χ4v) is 6.77. The molecule has 1 saturated carbocycles. The summed E-state index contributed by atoms with van der Waals surface area (Å²) < 4.78 is 39.5. The number of piperidine rings is 1. The molecule has 0 unspecified atom stereocenters. The summed E-state index contributed by atoms with van der Waals surface area (Å²) in [7, 11) is -3.84. The molecule has 1 aromatic carbocycles. The van der Waals surface area contributed by atoms with Crippen molar-refractivity contribution in [2.45, 2.75) is 43.6 Å². The zero-order valence-corrected chi connectivity index (χ0v) is 23.4. The molecule has 2 saturated heterocycles. The normalized spacial score (nSPS) is 20.7. The standard InChI is InChI=1S/C28H35N5O6S/c1-19-18-33(12-15-38-19)26-25-20(4-14-39-25)16-24(30-26)31-27(35)22-3-2-21(40(36,37)29-9-13-34)17-23(22)32-10-7-28(5-6-28)8-11-32/h2-4,14,16-17,19,29,34H,5-13,15,18H2,1H3,(H,30,31,35)/t19-/m0/s1. The summed E-state index contributed by atoms with van der Waals surface area (Å²) >= 11 is 0. The topological polar surface area (TPSA) is 137 Å². The van der Waals surface area contributed by atoms with Crippen LogP contribution in [-0.2, 0) is 14.8 Å². The number of aliphatic hydroxyl groups is 1. The number of anilines is 3. The molecule has 1 amide bonds. The van der Waals surface area contributed by atoms with Gasteiger partial charge in [0.1, 0.15) is 5.82 Å². The van der Waals surface area contributed by atoms with E-state index in [1.54, 1.807) is 24.5 Å². The van der Waals surface area contributed by atoms with Gasteiger partial charge in [-0.25, -0.2) is 18.1 Å². The van der Waals surface area contributed by atoms with Crippen molar-refractivity contribution in [3.05, 3.63) is 42.2 Å². The summed E-state index contributed by atoms with van der Waals surface area (Å²) in [5, 5.41) is 12.9. The van der Waals surface area contributed by atoms with Crippen molar-refractivity contribution in [1.29, 1.82) is 0 Å². The quantitative estimate of drug-likeness (QED) is 0.374. The lowest BCUT2D eigenvalue weighted by Gasteiger charge is -2.35. The molecule has 2 aromatic heterocycles. The summed E-state index contributed by atoms with van der Waals surface area (Å²) in [6, 6.07) is 8.16. The third-order valence-corrected chi connectivity index (χ3v) is 9.71. The van der Waals surface area contributed by atoms with Crippen LogP contribution < -0.4 is 19.8 Å². The second-order valence-corrected chi connectivity index (χ2v) is 12.8. The maximum absolute atomic E-state index is 13.7. The van der Waals surface area contributed by atoms with Gasteiger partial charge in [-0.05, 0) is 68.4 Å². The van der Waals surface area contributed by atoms with Crippen LogP contribution in [0.25, 0.3) is 11.0 Å². The van der Waals surface area contributed by atoms with E-state index in [1.165, 1.54) is 18.9 Å². The van der Waals surface area contributed by atoms with Crippen LogP contribution in [0.3, 0.4) is 0 Å². The minimum absolute atomic E-state index is 0.0438. The van der Waals surface area contributed by atoms with Gasteiger partial charge in [0.2, 0.25) is 10.0 Å². The molecule has 0 radical (unpaired) electrons. The van der Waals surface area contributed by atoms with E-state index >= 15 is 0 Å². The van der Waals surface area contributed by atoms with Crippen LogP contribution in [0, 0.1) is 5.41 Å². The first-order valence-electron chi connectivity index (χ1n) is 13.8. The predicted octanol–water partition coefficient (Wildman–Crippen LogP) is 2.96. The maximum atomic E-state index is 13.7. The number of hydrogen-bond acceptors (Lipinski definition) is 9. The van der Waals surface area contributed by atoms with Crippen molar-refractivity contribution in [3.63, 3.8) is 0 Å². The Balaban J connectivity index is 1.32. The molecule has 1 spiro atoms. The second kappa shape index (κ2) is 10.7. The van der Waals surface area contributed by atoms with Gasteiger partial charge in [-0.2, -0.15) is 0 Å². The van der Waals surface area contributed by atoms with E-state index in [0.717, 1.165) is 31.3 Å². The van der Waals surface area contributed by atoms with Crippen LogP contribution >= 0.6 is 0 Å². The molecule has 3 N–H and O–H groups in total. The van der Waals surface area contributed by atoms with E-state index in [9.17, 15) is 13.2 Å². The van der Waals surface area contributed by atoms with Gasteiger partial charge >= 0.3 is 0 Å². The highest BCUT2D eigenvalue weighted by Gasteiger charge is 2.44. The Kier molecular flexibility index (Phi) is 7.19. The number of nitrogens with zero attached hydrogens (tertiary/aromatic N) is 3. The molecule has 2 aliphatic heterocycles. The predicted molar refractivity (Wildman–Crippen MR) is 151 cm³/mol. The summed E-state index contributed by atoms with van der Waals surface area (Å²) in [6.07, 6.45) is 6.17. The van der Waals surface area contributed by atoms with Crippen LogP contribution in [0.15, 0.2) is 45.9 Å². The lowest BCUT2D eigenvalue weighted by molar-refractivity contribution is 0.0530. The molecular weight excluding hydrogens is 534 g/mol. The van der Waals surface area contributed by atoms with Gasteiger partial charge < -0.3 is 29.4 Å². The fourth-order valence-electron chi connectivity index (χ4n) is 5.73. The minimum atomic E-state index is -3.84. The number of amides is 1. The highest BCUT2D eigenvalue weighted by atomic mass is 32.2. The molecule has 3 aromatic rings.